The summed E-state index contributed by atoms with van der Waals surface area (Å²) in [6, 6.07) is 14.1. The Morgan fingerprint density at radius 1 is 1.15 bits per heavy atom. The van der Waals surface area contributed by atoms with Gasteiger partial charge in [0, 0.05) is 32.7 Å². The number of benzene rings is 2. The molecule has 0 spiro atoms. The summed E-state index contributed by atoms with van der Waals surface area (Å²) in [4.78, 5) is 28.9. The van der Waals surface area contributed by atoms with Crippen molar-refractivity contribution in [3.05, 3.63) is 48.0 Å². The molecule has 1 N–H and O–H groups in total. The molecule has 2 aromatic rings. The Kier molecular flexibility index (Phi) is 5.89. The number of carbonyl (C=O) groups excluding carboxylic acids is 2. The van der Waals surface area contributed by atoms with Crippen molar-refractivity contribution < 1.29 is 9.59 Å². The lowest BCUT2D eigenvalue weighted by Gasteiger charge is -2.35. The van der Waals surface area contributed by atoms with E-state index in [1.165, 1.54) is 16.3 Å². The summed E-state index contributed by atoms with van der Waals surface area (Å²) in [7, 11) is 0. The Balaban J connectivity index is 1.82. The zero-order chi connectivity index (χ0) is 18.5. The molecular weight excluding hydrogens is 326 g/mol. The molecule has 0 aliphatic carbocycles. The Morgan fingerprint density at radius 2 is 1.88 bits per heavy atom. The lowest BCUT2D eigenvalue weighted by atomic mass is 10.0. The number of hydrogen-bond acceptors (Lipinski definition) is 3. The SMILES string of the molecule is CCN(CC)C(=O)CC1C(=O)NCCN1Cc1cccc2ccccc12. The quantitative estimate of drug-likeness (QED) is 0.868. The predicted octanol–water partition coefficient (Wildman–Crippen LogP) is 2.40. The summed E-state index contributed by atoms with van der Waals surface area (Å²) < 4.78 is 0. The molecule has 26 heavy (non-hydrogen) atoms. The van der Waals surface area contributed by atoms with E-state index < -0.39 is 6.04 Å². The predicted molar refractivity (Wildman–Crippen MR) is 104 cm³/mol. The van der Waals surface area contributed by atoms with E-state index in [1.807, 2.05) is 26.0 Å². The van der Waals surface area contributed by atoms with Crippen LogP contribution < -0.4 is 5.32 Å². The van der Waals surface area contributed by atoms with Gasteiger partial charge in [0.25, 0.3) is 0 Å². The highest BCUT2D eigenvalue weighted by Crippen LogP contribution is 2.22. The standard InChI is InChI=1S/C21H27N3O2/c1-3-23(4-2)20(25)14-19-21(26)22-12-13-24(19)15-17-10-7-9-16-8-5-6-11-18(16)17/h5-11,19H,3-4,12-15H2,1-2H3,(H,22,26). The zero-order valence-corrected chi connectivity index (χ0v) is 15.6. The Labute approximate surface area is 155 Å². The first kappa shape index (κ1) is 18.4. The number of nitrogens with zero attached hydrogens (tertiary/aromatic N) is 2. The second-order valence-corrected chi connectivity index (χ2v) is 6.69. The molecule has 0 radical (unpaired) electrons. The van der Waals surface area contributed by atoms with Crippen LogP contribution in [0.25, 0.3) is 10.8 Å². The van der Waals surface area contributed by atoms with Crippen LogP contribution in [0.5, 0.6) is 0 Å². The van der Waals surface area contributed by atoms with Crippen LogP contribution in [-0.4, -0.2) is 53.8 Å². The summed E-state index contributed by atoms with van der Waals surface area (Å²) in [5.74, 6) is -0.00281. The molecule has 0 bridgehead atoms. The second kappa shape index (κ2) is 8.32. The van der Waals surface area contributed by atoms with Crippen molar-refractivity contribution in [2.45, 2.75) is 32.9 Å². The van der Waals surface area contributed by atoms with Crippen LogP contribution in [0.15, 0.2) is 42.5 Å². The number of hydrogen-bond donors (Lipinski definition) is 1. The molecule has 1 aliphatic rings. The zero-order valence-electron chi connectivity index (χ0n) is 15.6. The van der Waals surface area contributed by atoms with E-state index in [2.05, 4.69) is 40.5 Å². The third-order valence-electron chi connectivity index (χ3n) is 5.18. The largest absolute Gasteiger partial charge is 0.353 e. The van der Waals surface area contributed by atoms with Gasteiger partial charge in [-0.1, -0.05) is 42.5 Å². The molecule has 2 aromatic carbocycles. The highest BCUT2D eigenvalue weighted by atomic mass is 16.2. The van der Waals surface area contributed by atoms with Crippen LogP contribution in [0, 0.1) is 0 Å². The maximum atomic E-state index is 12.5. The number of fused-ring (bicyclic) bond motifs is 1. The summed E-state index contributed by atoms with van der Waals surface area (Å²) >= 11 is 0. The van der Waals surface area contributed by atoms with Crippen LogP contribution in [0.1, 0.15) is 25.8 Å². The summed E-state index contributed by atoms with van der Waals surface area (Å²) in [5, 5.41) is 5.31. The van der Waals surface area contributed by atoms with Gasteiger partial charge in [0.05, 0.1) is 12.5 Å². The van der Waals surface area contributed by atoms with Crippen LogP contribution in [0.3, 0.4) is 0 Å². The number of carbonyl (C=O) groups is 2. The smallest absolute Gasteiger partial charge is 0.237 e. The molecule has 2 amide bonds. The van der Waals surface area contributed by atoms with Gasteiger partial charge in [-0.2, -0.15) is 0 Å². The van der Waals surface area contributed by atoms with Gasteiger partial charge in [0.2, 0.25) is 11.8 Å². The molecule has 0 saturated carbocycles. The van der Waals surface area contributed by atoms with Gasteiger partial charge in [0.15, 0.2) is 0 Å². The van der Waals surface area contributed by atoms with E-state index in [0.29, 0.717) is 26.2 Å². The molecule has 1 aliphatic heterocycles. The van der Waals surface area contributed by atoms with Crippen molar-refractivity contribution in [2.24, 2.45) is 0 Å². The number of nitrogens with one attached hydrogen (secondary N) is 1. The van der Waals surface area contributed by atoms with E-state index in [4.69, 9.17) is 0 Å². The highest BCUT2D eigenvalue weighted by molar-refractivity contribution is 5.89. The first-order chi connectivity index (χ1) is 12.6. The normalized spacial score (nSPS) is 17.9. The first-order valence-electron chi connectivity index (χ1n) is 9.40. The minimum Gasteiger partial charge on any atom is -0.353 e. The van der Waals surface area contributed by atoms with Gasteiger partial charge in [-0.25, -0.2) is 0 Å². The highest BCUT2D eigenvalue weighted by Gasteiger charge is 2.32. The lowest BCUT2D eigenvalue weighted by molar-refractivity contribution is -0.138. The molecule has 3 rings (SSSR count). The van der Waals surface area contributed by atoms with Gasteiger partial charge >= 0.3 is 0 Å². The van der Waals surface area contributed by atoms with Crippen molar-refractivity contribution in [1.82, 2.24) is 15.1 Å². The number of amides is 2. The maximum Gasteiger partial charge on any atom is 0.237 e. The van der Waals surface area contributed by atoms with E-state index in [1.54, 1.807) is 4.90 Å². The van der Waals surface area contributed by atoms with Crippen molar-refractivity contribution in [2.75, 3.05) is 26.2 Å². The topological polar surface area (TPSA) is 52.7 Å². The van der Waals surface area contributed by atoms with Gasteiger partial charge in [-0.15, -0.1) is 0 Å². The molecular formula is C21H27N3O2. The molecule has 138 valence electrons. The van der Waals surface area contributed by atoms with Gasteiger partial charge in [0.1, 0.15) is 0 Å². The molecule has 1 fully saturated rings. The van der Waals surface area contributed by atoms with Crippen LogP contribution in [-0.2, 0) is 16.1 Å². The number of piperazine rings is 1. The molecule has 5 heteroatoms. The van der Waals surface area contributed by atoms with Crippen LogP contribution in [0.2, 0.25) is 0 Å². The van der Waals surface area contributed by atoms with Gasteiger partial charge in [-0.05, 0) is 30.2 Å². The summed E-state index contributed by atoms with van der Waals surface area (Å²) in [6.45, 7) is 7.34. The van der Waals surface area contributed by atoms with E-state index in [9.17, 15) is 9.59 Å². The van der Waals surface area contributed by atoms with Gasteiger partial charge < -0.3 is 10.2 Å². The summed E-state index contributed by atoms with van der Waals surface area (Å²) in [5.41, 5.74) is 1.19. The molecule has 5 nitrogen and oxygen atoms in total. The first-order valence-corrected chi connectivity index (χ1v) is 9.40. The molecule has 1 saturated heterocycles. The summed E-state index contributed by atoms with van der Waals surface area (Å²) in [6.07, 6.45) is 0.234. The Morgan fingerprint density at radius 3 is 2.65 bits per heavy atom. The fourth-order valence-corrected chi connectivity index (χ4v) is 3.69. The fraction of sp³-hybridized carbons (Fsp3) is 0.429. The molecule has 0 aromatic heterocycles. The molecule has 1 unspecified atom stereocenters. The average molecular weight is 353 g/mol. The van der Waals surface area contributed by atoms with Crippen molar-refractivity contribution in [1.29, 1.82) is 0 Å². The molecule has 1 heterocycles. The minimum atomic E-state index is -0.407. The second-order valence-electron chi connectivity index (χ2n) is 6.69. The monoisotopic (exact) mass is 353 g/mol. The Bertz CT molecular complexity index is 780. The van der Waals surface area contributed by atoms with Crippen molar-refractivity contribution in [3.63, 3.8) is 0 Å². The van der Waals surface area contributed by atoms with Crippen molar-refractivity contribution >= 4 is 22.6 Å². The third kappa shape index (κ3) is 3.88. The lowest BCUT2D eigenvalue weighted by Crippen LogP contribution is -2.56. The Hall–Kier alpha value is -2.40. The minimum absolute atomic E-state index is 0.0416. The third-order valence-corrected chi connectivity index (χ3v) is 5.18. The van der Waals surface area contributed by atoms with E-state index in [0.717, 1.165) is 6.54 Å². The maximum absolute atomic E-state index is 12.5. The van der Waals surface area contributed by atoms with Crippen LogP contribution in [0.4, 0.5) is 0 Å². The molecule has 1 atom stereocenters. The number of rotatable bonds is 6. The van der Waals surface area contributed by atoms with E-state index >= 15 is 0 Å². The van der Waals surface area contributed by atoms with Crippen molar-refractivity contribution in [3.8, 4) is 0 Å². The average Bonchev–Trinajstić information content (AvgIpc) is 2.66. The fourth-order valence-electron chi connectivity index (χ4n) is 3.69. The van der Waals surface area contributed by atoms with Gasteiger partial charge in [-0.3, -0.25) is 14.5 Å². The van der Waals surface area contributed by atoms with E-state index in [-0.39, 0.29) is 18.2 Å². The van der Waals surface area contributed by atoms with Crippen LogP contribution >= 0.6 is 0 Å².